The minimum Gasteiger partial charge on any atom is -0.468 e. The normalized spacial score (nSPS) is 21.6. The van der Waals surface area contributed by atoms with E-state index >= 15 is 0 Å². The summed E-state index contributed by atoms with van der Waals surface area (Å²) < 4.78 is 32.0. The van der Waals surface area contributed by atoms with E-state index in [1.165, 1.54) is 19.1 Å². The summed E-state index contributed by atoms with van der Waals surface area (Å²) in [5, 5.41) is 0. The van der Waals surface area contributed by atoms with Crippen molar-refractivity contribution in [3.05, 3.63) is 0 Å². The summed E-state index contributed by atoms with van der Waals surface area (Å²) in [5.74, 6) is -1.07. The molecule has 0 aromatic rings. The zero-order valence-electron chi connectivity index (χ0n) is 10.4. The van der Waals surface area contributed by atoms with Crippen LogP contribution < -0.4 is 0 Å². The highest BCUT2D eigenvalue weighted by Crippen LogP contribution is 2.18. The quantitative estimate of drug-likeness (QED) is 0.589. The summed E-state index contributed by atoms with van der Waals surface area (Å²) in [7, 11) is -0.543. The largest absolute Gasteiger partial charge is 0.468 e. The van der Waals surface area contributed by atoms with Crippen molar-refractivity contribution in [3.8, 4) is 0 Å². The maximum absolute atomic E-state index is 11.8. The number of sulfone groups is 1. The molecule has 1 rings (SSSR count). The molecule has 0 aliphatic carbocycles. The Kier molecular flexibility index (Phi) is 5.09. The number of carbonyl (C=O) groups is 2. The van der Waals surface area contributed by atoms with Crippen LogP contribution in [0.25, 0.3) is 0 Å². The smallest absolute Gasteiger partial charge is 0.325 e. The third-order valence-electron chi connectivity index (χ3n) is 2.76. The van der Waals surface area contributed by atoms with E-state index in [1.807, 2.05) is 0 Å². The minimum atomic E-state index is -3.12. The van der Waals surface area contributed by atoms with Crippen molar-refractivity contribution in [2.45, 2.75) is 12.5 Å². The number of rotatable bonds is 5. The van der Waals surface area contributed by atoms with Crippen LogP contribution in [0.3, 0.4) is 0 Å². The van der Waals surface area contributed by atoms with Crippen LogP contribution in [0.1, 0.15) is 6.42 Å². The van der Waals surface area contributed by atoms with Crippen LogP contribution in [-0.2, 0) is 28.9 Å². The van der Waals surface area contributed by atoms with Crippen LogP contribution in [0.2, 0.25) is 0 Å². The molecule has 1 amide bonds. The SMILES string of the molecule is COCC(=O)N(CC(=O)OC)[C@H]1CCS(=O)(=O)C1. The van der Waals surface area contributed by atoms with Gasteiger partial charge < -0.3 is 14.4 Å². The van der Waals surface area contributed by atoms with Gasteiger partial charge in [-0.05, 0) is 6.42 Å². The molecule has 104 valence electrons. The standard InChI is InChI=1S/C10H17NO6S/c1-16-6-9(12)11(5-10(13)17-2)8-3-4-18(14,15)7-8/h8H,3-7H2,1-2H3/t8-/m0/s1. The first-order chi connectivity index (χ1) is 8.39. The van der Waals surface area contributed by atoms with E-state index in [2.05, 4.69) is 4.74 Å². The number of hydrogen-bond donors (Lipinski definition) is 0. The van der Waals surface area contributed by atoms with Gasteiger partial charge in [-0.15, -0.1) is 0 Å². The third kappa shape index (κ3) is 3.95. The van der Waals surface area contributed by atoms with Crippen LogP contribution in [0.4, 0.5) is 0 Å². The highest BCUT2D eigenvalue weighted by molar-refractivity contribution is 7.91. The van der Waals surface area contributed by atoms with Crippen molar-refractivity contribution in [2.24, 2.45) is 0 Å². The predicted octanol–water partition coefficient (Wildman–Crippen LogP) is -1.18. The van der Waals surface area contributed by atoms with Gasteiger partial charge in [-0.25, -0.2) is 8.42 Å². The second-order valence-corrected chi connectivity index (χ2v) is 6.32. The number of amides is 1. The predicted molar refractivity (Wildman–Crippen MR) is 62.7 cm³/mol. The Morgan fingerprint density at radius 2 is 2.00 bits per heavy atom. The maximum Gasteiger partial charge on any atom is 0.325 e. The van der Waals surface area contributed by atoms with E-state index in [-0.39, 0.29) is 24.7 Å². The van der Waals surface area contributed by atoms with Crippen LogP contribution in [0.5, 0.6) is 0 Å². The van der Waals surface area contributed by atoms with Gasteiger partial charge >= 0.3 is 5.97 Å². The van der Waals surface area contributed by atoms with Gasteiger partial charge in [0.25, 0.3) is 0 Å². The van der Waals surface area contributed by atoms with E-state index in [4.69, 9.17) is 4.74 Å². The van der Waals surface area contributed by atoms with Crippen molar-refractivity contribution >= 4 is 21.7 Å². The molecule has 0 saturated carbocycles. The number of carbonyl (C=O) groups excluding carboxylic acids is 2. The summed E-state index contributed by atoms with van der Waals surface area (Å²) >= 11 is 0. The molecule has 0 unspecified atom stereocenters. The molecule has 0 aromatic carbocycles. The molecule has 1 heterocycles. The van der Waals surface area contributed by atoms with Crippen molar-refractivity contribution in [3.63, 3.8) is 0 Å². The third-order valence-corrected chi connectivity index (χ3v) is 4.51. The molecule has 0 spiro atoms. The van der Waals surface area contributed by atoms with Crippen molar-refractivity contribution in [2.75, 3.05) is 38.9 Å². The Labute approximate surface area is 106 Å². The first kappa shape index (κ1) is 14.9. The summed E-state index contributed by atoms with van der Waals surface area (Å²) in [6.45, 7) is -0.438. The lowest BCUT2D eigenvalue weighted by Crippen LogP contribution is -2.46. The Balaban J connectivity index is 2.77. The van der Waals surface area contributed by atoms with Crippen molar-refractivity contribution in [1.29, 1.82) is 0 Å². The van der Waals surface area contributed by atoms with Gasteiger partial charge in [0.15, 0.2) is 9.84 Å². The first-order valence-corrected chi connectivity index (χ1v) is 7.27. The van der Waals surface area contributed by atoms with E-state index in [9.17, 15) is 18.0 Å². The average Bonchev–Trinajstić information content (AvgIpc) is 2.66. The average molecular weight is 279 g/mol. The van der Waals surface area contributed by atoms with E-state index < -0.39 is 27.8 Å². The molecule has 8 heteroatoms. The number of methoxy groups -OCH3 is 2. The molecule has 1 saturated heterocycles. The Morgan fingerprint density at radius 3 is 2.44 bits per heavy atom. The molecule has 0 radical (unpaired) electrons. The van der Waals surface area contributed by atoms with Gasteiger partial charge in [-0.3, -0.25) is 9.59 Å². The summed E-state index contributed by atoms with van der Waals surface area (Å²) in [5.41, 5.74) is 0. The molecular weight excluding hydrogens is 262 g/mol. The molecule has 1 aliphatic rings. The van der Waals surface area contributed by atoms with Gasteiger partial charge in [-0.2, -0.15) is 0 Å². The second kappa shape index (κ2) is 6.14. The van der Waals surface area contributed by atoms with Gasteiger partial charge in [0, 0.05) is 13.2 Å². The molecule has 1 atom stereocenters. The number of nitrogens with zero attached hydrogens (tertiary/aromatic N) is 1. The Morgan fingerprint density at radius 1 is 1.33 bits per heavy atom. The fourth-order valence-electron chi connectivity index (χ4n) is 1.85. The minimum absolute atomic E-state index is 0.0373. The summed E-state index contributed by atoms with van der Waals surface area (Å²) in [6, 6.07) is -0.475. The Hall–Kier alpha value is -1.15. The molecule has 0 aromatic heterocycles. The van der Waals surface area contributed by atoms with E-state index in [1.54, 1.807) is 0 Å². The number of ether oxygens (including phenoxy) is 2. The van der Waals surface area contributed by atoms with Crippen molar-refractivity contribution < 1.29 is 27.5 Å². The summed E-state index contributed by atoms with van der Waals surface area (Å²) in [4.78, 5) is 24.3. The lowest BCUT2D eigenvalue weighted by Gasteiger charge is -2.26. The molecule has 7 nitrogen and oxygen atoms in total. The van der Waals surface area contributed by atoms with E-state index in [0.29, 0.717) is 6.42 Å². The van der Waals surface area contributed by atoms with Crippen LogP contribution >= 0.6 is 0 Å². The Bertz CT molecular complexity index is 418. The highest BCUT2D eigenvalue weighted by atomic mass is 32.2. The molecule has 1 aliphatic heterocycles. The second-order valence-electron chi connectivity index (χ2n) is 4.09. The van der Waals surface area contributed by atoms with Crippen LogP contribution in [0.15, 0.2) is 0 Å². The van der Waals surface area contributed by atoms with Crippen molar-refractivity contribution in [1.82, 2.24) is 4.90 Å². The first-order valence-electron chi connectivity index (χ1n) is 5.45. The molecule has 18 heavy (non-hydrogen) atoms. The van der Waals surface area contributed by atoms with Gasteiger partial charge in [-0.1, -0.05) is 0 Å². The molecule has 0 N–H and O–H groups in total. The molecule has 1 fully saturated rings. The number of esters is 1. The lowest BCUT2D eigenvalue weighted by molar-refractivity contribution is -0.149. The van der Waals surface area contributed by atoms with Gasteiger partial charge in [0.1, 0.15) is 13.2 Å². The highest BCUT2D eigenvalue weighted by Gasteiger charge is 2.35. The molecular formula is C10H17NO6S. The maximum atomic E-state index is 11.8. The zero-order valence-corrected chi connectivity index (χ0v) is 11.2. The van der Waals surface area contributed by atoms with E-state index in [0.717, 1.165) is 0 Å². The molecule has 0 bridgehead atoms. The monoisotopic (exact) mass is 279 g/mol. The summed E-state index contributed by atoms with van der Waals surface area (Å²) in [6.07, 6.45) is 0.342. The van der Waals surface area contributed by atoms with Crippen LogP contribution in [-0.4, -0.2) is 70.1 Å². The lowest BCUT2D eigenvalue weighted by atomic mass is 10.2. The zero-order chi connectivity index (χ0) is 13.8. The van der Waals surface area contributed by atoms with Crippen LogP contribution in [0, 0.1) is 0 Å². The topological polar surface area (TPSA) is 90.0 Å². The fourth-order valence-corrected chi connectivity index (χ4v) is 3.58. The fraction of sp³-hybridized carbons (Fsp3) is 0.800. The van der Waals surface area contributed by atoms with Gasteiger partial charge in [0.05, 0.1) is 18.6 Å². The number of hydrogen-bond acceptors (Lipinski definition) is 6. The van der Waals surface area contributed by atoms with Gasteiger partial charge in [0.2, 0.25) is 5.91 Å².